The number of β-amino-alcohol motifs (C(OH)–C–C–N with tert-alkyl or cyclic N) is 1. The first-order chi connectivity index (χ1) is 20.8. The fourth-order valence-electron chi connectivity index (χ4n) is 6.47. The van der Waals surface area contributed by atoms with Gasteiger partial charge in [-0.05, 0) is 72.9 Å². The molecule has 0 amide bonds. The molecule has 2 fully saturated rings. The Kier molecular flexibility index (Phi) is 9.45. The molecule has 0 spiro atoms. The SMILES string of the molecule is CC12CC=C(Cl)CC1=C1CCN(C(O)COc3ccc(Cl)cc3)C(c3ccc(OCC(O)CN4CCOCC4)cc3)C1=N2. The lowest BCUT2D eigenvalue weighted by Crippen LogP contribution is -2.48. The molecule has 3 aliphatic heterocycles. The van der Waals surface area contributed by atoms with E-state index >= 15 is 0 Å². The number of fused-ring (bicyclic) bond motifs is 2. The zero-order valence-corrected chi connectivity index (χ0v) is 25.9. The molecule has 2 aromatic rings. The Morgan fingerprint density at radius 2 is 1.65 bits per heavy atom. The third kappa shape index (κ3) is 6.96. The highest BCUT2D eigenvalue weighted by Gasteiger charge is 2.46. The average Bonchev–Trinajstić information content (AvgIpc) is 3.31. The summed E-state index contributed by atoms with van der Waals surface area (Å²) in [6.07, 6.45) is 2.89. The van der Waals surface area contributed by atoms with E-state index in [0.717, 1.165) is 48.7 Å². The van der Waals surface area contributed by atoms with Crippen molar-refractivity contribution in [3.63, 3.8) is 0 Å². The number of likely N-dealkylation sites (tertiary alicyclic amines) is 1. The summed E-state index contributed by atoms with van der Waals surface area (Å²) in [6, 6.07) is 14.8. The molecule has 2 aromatic carbocycles. The monoisotopic (exact) mass is 627 g/mol. The largest absolute Gasteiger partial charge is 0.491 e. The van der Waals surface area contributed by atoms with Crippen LogP contribution >= 0.6 is 23.2 Å². The third-order valence-corrected chi connectivity index (χ3v) is 9.31. The Hall–Kier alpha value is -2.43. The third-order valence-electron chi connectivity index (χ3n) is 8.77. The van der Waals surface area contributed by atoms with E-state index < -0.39 is 12.3 Å². The van der Waals surface area contributed by atoms with E-state index in [1.54, 1.807) is 24.3 Å². The molecule has 3 heterocycles. The fourth-order valence-corrected chi connectivity index (χ4v) is 6.81. The number of aliphatic hydroxyl groups is 2. The molecule has 4 atom stereocenters. The second kappa shape index (κ2) is 13.3. The lowest BCUT2D eigenvalue weighted by molar-refractivity contribution is -0.0410. The van der Waals surface area contributed by atoms with Crippen LogP contribution in [0.1, 0.15) is 37.8 Å². The predicted octanol–water partition coefficient (Wildman–Crippen LogP) is 4.98. The summed E-state index contributed by atoms with van der Waals surface area (Å²) < 4.78 is 17.3. The number of piperidine rings is 1. The van der Waals surface area contributed by atoms with Crippen molar-refractivity contribution in [2.24, 2.45) is 4.99 Å². The van der Waals surface area contributed by atoms with Gasteiger partial charge < -0.3 is 24.4 Å². The van der Waals surface area contributed by atoms with E-state index in [0.29, 0.717) is 42.8 Å². The van der Waals surface area contributed by atoms with Crippen LogP contribution in [0.2, 0.25) is 5.02 Å². The van der Waals surface area contributed by atoms with Crippen molar-refractivity contribution in [2.45, 2.75) is 50.1 Å². The molecule has 0 aromatic heterocycles. The molecule has 0 radical (unpaired) electrons. The average molecular weight is 629 g/mol. The van der Waals surface area contributed by atoms with Crippen LogP contribution < -0.4 is 9.47 Å². The van der Waals surface area contributed by atoms with Gasteiger partial charge in [0.25, 0.3) is 0 Å². The normalized spacial score (nSPS) is 25.8. The Labute approximate surface area is 263 Å². The van der Waals surface area contributed by atoms with Crippen LogP contribution in [0.15, 0.2) is 75.8 Å². The number of aliphatic hydroxyl groups excluding tert-OH is 2. The van der Waals surface area contributed by atoms with Gasteiger partial charge in [0, 0.05) is 42.7 Å². The molecule has 8 nitrogen and oxygen atoms in total. The van der Waals surface area contributed by atoms with Gasteiger partial charge in [-0.15, -0.1) is 0 Å². The minimum atomic E-state index is -0.863. The highest BCUT2D eigenvalue weighted by atomic mass is 35.5. The van der Waals surface area contributed by atoms with Crippen molar-refractivity contribution in [1.82, 2.24) is 9.80 Å². The van der Waals surface area contributed by atoms with Gasteiger partial charge in [-0.2, -0.15) is 0 Å². The van der Waals surface area contributed by atoms with Gasteiger partial charge in [0.05, 0.1) is 30.5 Å². The maximum Gasteiger partial charge on any atom is 0.142 e. The summed E-state index contributed by atoms with van der Waals surface area (Å²) in [7, 11) is 0. The van der Waals surface area contributed by atoms with Gasteiger partial charge in [0.1, 0.15) is 37.0 Å². The second-order valence-electron chi connectivity index (χ2n) is 11.8. The van der Waals surface area contributed by atoms with Crippen molar-refractivity contribution in [3.8, 4) is 11.5 Å². The number of rotatable bonds is 10. The summed E-state index contributed by atoms with van der Waals surface area (Å²) >= 11 is 12.5. The smallest absolute Gasteiger partial charge is 0.142 e. The van der Waals surface area contributed by atoms with E-state index in [1.807, 2.05) is 24.3 Å². The quantitative estimate of drug-likeness (QED) is 0.384. The first-order valence-corrected chi connectivity index (χ1v) is 15.7. The Bertz CT molecular complexity index is 1370. The molecular weight excluding hydrogens is 589 g/mol. The zero-order chi connectivity index (χ0) is 30.0. The van der Waals surface area contributed by atoms with Crippen LogP contribution in [-0.4, -0.2) is 96.2 Å². The van der Waals surface area contributed by atoms with Crippen LogP contribution in [-0.2, 0) is 4.74 Å². The first kappa shape index (κ1) is 30.6. The summed E-state index contributed by atoms with van der Waals surface area (Å²) in [4.78, 5) is 9.56. The van der Waals surface area contributed by atoms with E-state index in [4.69, 9.17) is 42.4 Å². The van der Waals surface area contributed by atoms with E-state index in [1.165, 1.54) is 11.1 Å². The topological polar surface area (TPSA) is 87.0 Å². The summed E-state index contributed by atoms with van der Waals surface area (Å²) in [5, 5.41) is 23.5. The molecule has 230 valence electrons. The number of hydrogen-bond donors (Lipinski definition) is 2. The molecule has 0 saturated carbocycles. The van der Waals surface area contributed by atoms with Gasteiger partial charge in [-0.25, -0.2) is 0 Å². The predicted molar refractivity (Wildman–Crippen MR) is 168 cm³/mol. The van der Waals surface area contributed by atoms with E-state index in [-0.39, 0.29) is 24.8 Å². The molecule has 4 unspecified atom stereocenters. The molecule has 6 rings (SSSR count). The summed E-state index contributed by atoms with van der Waals surface area (Å²) in [6.45, 7) is 6.74. The van der Waals surface area contributed by atoms with Crippen LogP contribution in [0, 0.1) is 0 Å². The second-order valence-corrected chi connectivity index (χ2v) is 12.8. The summed E-state index contributed by atoms with van der Waals surface area (Å²) in [5.74, 6) is 1.33. The number of morpholine rings is 1. The van der Waals surface area contributed by atoms with Gasteiger partial charge >= 0.3 is 0 Å². The number of nitrogens with zero attached hydrogens (tertiary/aromatic N) is 3. The highest BCUT2D eigenvalue weighted by molar-refractivity contribution is 6.30. The summed E-state index contributed by atoms with van der Waals surface area (Å²) in [5.41, 5.74) is 4.23. The molecule has 4 aliphatic rings. The Balaban J connectivity index is 1.20. The standard InChI is InChI=1S/C33H39Cl2N3O5/c1-33-12-10-24(35)18-29(33)28-11-13-38(30(40)21-43-27-8-4-23(34)5-9-27)32(31(28)36-33)22-2-6-26(7-3-22)42-20-25(39)19-37-14-16-41-17-15-37/h2-10,25,30,32,39-40H,11-21H2,1H3. The highest BCUT2D eigenvalue weighted by Crippen LogP contribution is 2.49. The van der Waals surface area contributed by atoms with Crippen LogP contribution in [0.3, 0.4) is 0 Å². The maximum absolute atomic E-state index is 11.4. The molecule has 10 heteroatoms. The first-order valence-electron chi connectivity index (χ1n) is 15.0. The lowest BCUT2D eigenvalue weighted by atomic mass is 9.79. The minimum Gasteiger partial charge on any atom is -0.491 e. The van der Waals surface area contributed by atoms with Crippen molar-refractivity contribution in [2.75, 3.05) is 52.6 Å². The molecular formula is C33H39Cl2N3O5. The Morgan fingerprint density at radius 1 is 0.977 bits per heavy atom. The van der Waals surface area contributed by atoms with Crippen molar-refractivity contribution < 1.29 is 24.4 Å². The zero-order valence-electron chi connectivity index (χ0n) is 24.4. The van der Waals surface area contributed by atoms with Gasteiger partial charge in [-0.3, -0.25) is 14.8 Å². The number of allylic oxidation sites excluding steroid dienone is 1. The molecule has 2 saturated heterocycles. The molecule has 0 bridgehead atoms. The number of hydrogen-bond acceptors (Lipinski definition) is 8. The molecule has 43 heavy (non-hydrogen) atoms. The lowest BCUT2D eigenvalue weighted by Gasteiger charge is -2.40. The van der Waals surface area contributed by atoms with Crippen LogP contribution in [0.5, 0.6) is 11.5 Å². The van der Waals surface area contributed by atoms with Crippen molar-refractivity contribution >= 4 is 28.9 Å². The number of halogens is 2. The molecule has 2 N–H and O–H groups in total. The Morgan fingerprint density at radius 3 is 2.37 bits per heavy atom. The maximum atomic E-state index is 11.4. The number of benzene rings is 2. The van der Waals surface area contributed by atoms with E-state index in [2.05, 4.69) is 22.8 Å². The minimum absolute atomic E-state index is 0.101. The molecule has 1 aliphatic carbocycles. The number of ether oxygens (including phenoxy) is 3. The van der Waals surface area contributed by atoms with Crippen LogP contribution in [0.4, 0.5) is 0 Å². The number of aliphatic imine (C=N–C) groups is 1. The fraction of sp³-hybridized carbons (Fsp3) is 0.485. The van der Waals surface area contributed by atoms with Crippen LogP contribution in [0.25, 0.3) is 0 Å². The van der Waals surface area contributed by atoms with Crippen molar-refractivity contribution in [1.29, 1.82) is 0 Å². The van der Waals surface area contributed by atoms with Gasteiger partial charge in [-0.1, -0.05) is 41.4 Å². The van der Waals surface area contributed by atoms with E-state index in [9.17, 15) is 10.2 Å². The van der Waals surface area contributed by atoms with Gasteiger partial charge in [0.15, 0.2) is 0 Å². The van der Waals surface area contributed by atoms with Gasteiger partial charge in [0.2, 0.25) is 0 Å². The van der Waals surface area contributed by atoms with Crippen molar-refractivity contribution in [3.05, 3.63) is 81.4 Å².